The van der Waals surface area contributed by atoms with Gasteiger partial charge in [-0.05, 0) is 5.92 Å². The summed E-state index contributed by atoms with van der Waals surface area (Å²) in [7, 11) is 3.63. The van der Waals surface area contributed by atoms with Crippen LogP contribution in [0, 0.1) is 5.92 Å². The van der Waals surface area contributed by atoms with E-state index in [4.69, 9.17) is 0 Å². The van der Waals surface area contributed by atoms with Crippen LogP contribution in [0.2, 0.25) is 0 Å². The molecule has 0 radical (unpaired) electrons. The number of carbonyl (C=O) groups excluding carboxylic acids is 4. The van der Waals surface area contributed by atoms with Crippen LogP contribution in [0.15, 0.2) is 0 Å². The maximum atomic E-state index is 11.7. The Bertz CT molecular complexity index is 394. The quantitative estimate of drug-likeness (QED) is 0.488. The molecule has 8 nitrogen and oxygen atoms in total. The number of rotatable bonds is 8. The molecule has 0 spiro atoms. The predicted molar refractivity (Wildman–Crippen MR) is 71.0 cm³/mol. The lowest BCUT2D eigenvalue weighted by Crippen LogP contribution is -2.46. The van der Waals surface area contributed by atoms with E-state index in [1.165, 1.54) is 21.3 Å². The van der Waals surface area contributed by atoms with E-state index in [9.17, 15) is 19.2 Å². The Kier molecular flexibility index (Phi) is 8.75. The van der Waals surface area contributed by atoms with Gasteiger partial charge in [-0.2, -0.15) is 0 Å². The number of ether oxygens (including phenoxy) is 3. The summed E-state index contributed by atoms with van der Waals surface area (Å²) in [6.07, 6.45) is -0.264. The molecule has 0 rings (SSSR count). The highest BCUT2D eigenvalue weighted by Crippen LogP contribution is 2.11. The molecule has 8 heteroatoms. The molecular formula is C13H21NO7. The average Bonchev–Trinajstić information content (AvgIpc) is 2.48. The van der Waals surface area contributed by atoms with Crippen molar-refractivity contribution in [1.29, 1.82) is 0 Å². The molecule has 0 fully saturated rings. The second kappa shape index (κ2) is 9.73. The van der Waals surface area contributed by atoms with Crippen LogP contribution in [0.25, 0.3) is 0 Å². The Morgan fingerprint density at radius 3 is 1.95 bits per heavy atom. The fraction of sp³-hybridized carbons (Fsp3) is 0.692. The van der Waals surface area contributed by atoms with E-state index in [0.29, 0.717) is 0 Å². The Morgan fingerprint density at radius 2 is 1.48 bits per heavy atom. The summed E-state index contributed by atoms with van der Waals surface area (Å²) in [5, 5.41) is 2.45. The zero-order valence-electron chi connectivity index (χ0n) is 12.6. The summed E-state index contributed by atoms with van der Waals surface area (Å²) >= 11 is 0. The van der Waals surface area contributed by atoms with Crippen molar-refractivity contribution in [1.82, 2.24) is 5.32 Å². The number of hydrogen-bond donors (Lipinski definition) is 1. The largest absolute Gasteiger partial charge is 0.469 e. The minimum atomic E-state index is -0.987. The first-order chi connectivity index (χ1) is 9.85. The summed E-state index contributed by atoms with van der Waals surface area (Å²) < 4.78 is 13.5. The van der Waals surface area contributed by atoms with Gasteiger partial charge in [0.2, 0.25) is 5.91 Å². The first-order valence-corrected chi connectivity index (χ1v) is 6.36. The Morgan fingerprint density at radius 1 is 0.905 bits per heavy atom. The molecule has 0 aliphatic heterocycles. The number of amides is 1. The Labute approximate surface area is 123 Å². The zero-order valence-corrected chi connectivity index (χ0v) is 12.6. The molecule has 0 bridgehead atoms. The van der Waals surface area contributed by atoms with Gasteiger partial charge in [0.1, 0.15) is 6.04 Å². The monoisotopic (exact) mass is 303 g/mol. The van der Waals surface area contributed by atoms with E-state index in [1.807, 2.05) is 0 Å². The van der Waals surface area contributed by atoms with E-state index in [-0.39, 0.29) is 19.3 Å². The predicted octanol–water partition coefficient (Wildman–Crippen LogP) is -0.203. The third kappa shape index (κ3) is 7.28. The molecule has 0 saturated carbocycles. The fourth-order valence-electron chi connectivity index (χ4n) is 1.59. The third-order valence-corrected chi connectivity index (χ3v) is 2.84. The van der Waals surface area contributed by atoms with Gasteiger partial charge < -0.3 is 19.5 Å². The van der Waals surface area contributed by atoms with Gasteiger partial charge in [0.05, 0.1) is 34.2 Å². The summed E-state index contributed by atoms with van der Waals surface area (Å²) in [4.78, 5) is 45.6. The normalized spacial score (nSPS) is 12.8. The third-order valence-electron chi connectivity index (χ3n) is 2.84. The summed E-state index contributed by atoms with van der Waals surface area (Å²) in [6.45, 7) is 1.61. The first-order valence-electron chi connectivity index (χ1n) is 6.36. The lowest BCUT2D eigenvalue weighted by atomic mass is 9.98. The number of nitrogens with one attached hydrogen (secondary N) is 1. The molecule has 1 N–H and O–H groups in total. The molecule has 0 heterocycles. The topological polar surface area (TPSA) is 108 Å². The Hall–Kier alpha value is -2.12. The van der Waals surface area contributed by atoms with E-state index in [0.717, 1.165) is 0 Å². The molecule has 1 amide bonds. The second-order valence-electron chi connectivity index (χ2n) is 4.40. The van der Waals surface area contributed by atoms with Crippen molar-refractivity contribution < 1.29 is 33.4 Å². The number of methoxy groups -OCH3 is 3. The summed E-state index contributed by atoms with van der Waals surface area (Å²) in [5.41, 5.74) is 0. The van der Waals surface area contributed by atoms with Crippen molar-refractivity contribution in [3.8, 4) is 0 Å². The van der Waals surface area contributed by atoms with Gasteiger partial charge in [-0.3, -0.25) is 14.4 Å². The Balaban J connectivity index is 4.62. The van der Waals surface area contributed by atoms with Crippen LogP contribution in [0.5, 0.6) is 0 Å². The number of hydrogen-bond acceptors (Lipinski definition) is 7. The van der Waals surface area contributed by atoms with Crippen molar-refractivity contribution in [3.05, 3.63) is 0 Å². The molecule has 0 aromatic heterocycles. The van der Waals surface area contributed by atoms with Crippen LogP contribution in [0.1, 0.15) is 26.2 Å². The average molecular weight is 303 g/mol. The zero-order chi connectivity index (χ0) is 16.4. The molecule has 0 saturated heterocycles. The molecule has 0 aliphatic rings. The fourth-order valence-corrected chi connectivity index (χ4v) is 1.59. The van der Waals surface area contributed by atoms with E-state index in [1.54, 1.807) is 6.92 Å². The van der Waals surface area contributed by atoms with Gasteiger partial charge >= 0.3 is 17.9 Å². The molecule has 0 aliphatic carbocycles. The van der Waals surface area contributed by atoms with Gasteiger partial charge in [0, 0.05) is 6.42 Å². The van der Waals surface area contributed by atoms with Crippen molar-refractivity contribution >= 4 is 23.8 Å². The van der Waals surface area contributed by atoms with E-state index >= 15 is 0 Å². The summed E-state index contributed by atoms with van der Waals surface area (Å²) in [5.74, 6) is -2.71. The maximum absolute atomic E-state index is 11.7. The molecule has 2 atom stereocenters. The van der Waals surface area contributed by atoms with Gasteiger partial charge in [0.15, 0.2) is 0 Å². The van der Waals surface area contributed by atoms with Crippen molar-refractivity contribution in [2.24, 2.45) is 5.92 Å². The molecule has 0 aromatic carbocycles. The van der Waals surface area contributed by atoms with Crippen molar-refractivity contribution in [2.75, 3.05) is 21.3 Å². The molecule has 120 valence electrons. The second-order valence-corrected chi connectivity index (χ2v) is 4.40. The summed E-state index contributed by atoms with van der Waals surface area (Å²) in [6, 6.07) is -0.987. The van der Waals surface area contributed by atoms with Gasteiger partial charge in [-0.15, -0.1) is 0 Å². The molecule has 0 aromatic rings. The van der Waals surface area contributed by atoms with Crippen LogP contribution < -0.4 is 5.32 Å². The van der Waals surface area contributed by atoms with Gasteiger partial charge in [0.25, 0.3) is 0 Å². The number of carbonyl (C=O) groups is 4. The standard InChI is InChI=1S/C13H21NO7/c1-8(7-11(17)20-3)12(13(18)21-4)14-9(15)5-6-10(16)19-2/h8,12H,5-7H2,1-4H3,(H,14,15)/t8-,12-/m1/s1. The van der Waals surface area contributed by atoms with Gasteiger partial charge in [-0.1, -0.05) is 6.92 Å². The SMILES string of the molecule is COC(=O)CCC(=O)N[C@@H](C(=O)OC)[C@H](C)CC(=O)OC. The minimum Gasteiger partial charge on any atom is -0.469 e. The van der Waals surface area contributed by atoms with Gasteiger partial charge in [-0.25, -0.2) is 4.79 Å². The molecule has 21 heavy (non-hydrogen) atoms. The highest BCUT2D eigenvalue weighted by molar-refractivity contribution is 5.87. The highest BCUT2D eigenvalue weighted by atomic mass is 16.5. The highest BCUT2D eigenvalue weighted by Gasteiger charge is 2.29. The van der Waals surface area contributed by atoms with Crippen LogP contribution in [-0.4, -0.2) is 51.2 Å². The van der Waals surface area contributed by atoms with Crippen LogP contribution in [0.3, 0.4) is 0 Å². The van der Waals surface area contributed by atoms with Crippen molar-refractivity contribution in [3.63, 3.8) is 0 Å². The van der Waals surface area contributed by atoms with E-state index < -0.39 is 35.8 Å². The number of esters is 3. The van der Waals surface area contributed by atoms with Crippen molar-refractivity contribution in [2.45, 2.75) is 32.2 Å². The lowest BCUT2D eigenvalue weighted by Gasteiger charge is -2.22. The van der Waals surface area contributed by atoms with Crippen LogP contribution in [0.4, 0.5) is 0 Å². The van der Waals surface area contributed by atoms with Crippen LogP contribution in [-0.2, 0) is 33.4 Å². The van der Waals surface area contributed by atoms with E-state index in [2.05, 4.69) is 19.5 Å². The molecule has 0 unspecified atom stereocenters. The van der Waals surface area contributed by atoms with Crippen LogP contribution >= 0.6 is 0 Å². The lowest BCUT2D eigenvalue weighted by molar-refractivity contribution is -0.148. The molecular weight excluding hydrogens is 282 g/mol. The first kappa shape index (κ1) is 18.9. The minimum absolute atomic E-state index is 0.0481. The maximum Gasteiger partial charge on any atom is 0.328 e. The smallest absolute Gasteiger partial charge is 0.328 e.